The van der Waals surface area contributed by atoms with Crippen LogP contribution in [0.5, 0.6) is 11.5 Å². The number of anilines is 1. The first-order valence-electron chi connectivity index (χ1n) is 13.3. The third-order valence-corrected chi connectivity index (χ3v) is 8.75. The third kappa shape index (κ3) is 7.92. The SMILES string of the molecule is CC[C@H](C)NC(=O)[C@H](C)N(Cc1cccc(Cl)c1)C(=O)CN(c1ccc(F)cc1)S(=O)(=O)c1ccc(OC)c(OC)c1. The Morgan fingerprint density at radius 3 is 2.24 bits per heavy atom. The topological polar surface area (TPSA) is 105 Å². The highest BCUT2D eigenvalue weighted by molar-refractivity contribution is 7.92. The molecule has 2 amide bonds. The Kier molecular flexibility index (Phi) is 11.2. The van der Waals surface area contributed by atoms with Crippen molar-refractivity contribution in [1.29, 1.82) is 0 Å². The van der Waals surface area contributed by atoms with Gasteiger partial charge in [0.2, 0.25) is 11.8 Å². The van der Waals surface area contributed by atoms with Crippen LogP contribution in [0.15, 0.2) is 71.6 Å². The van der Waals surface area contributed by atoms with Gasteiger partial charge in [-0.15, -0.1) is 0 Å². The summed E-state index contributed by atoms with van der Waals surface area (Å²) >= 11 is 6.17. The van der Waals surface area contributed by atoms with E-state index in [1.165, 1.54) is 49.5 Å². The van der Waals surface area contributed by atoms with E-state index in [2.05, 4.69) is 5.32 Å². The van der Waals surface area contributed by atoms with Crippen molar-refractivity contribution in [3.8, 4) is 11.5 Å². The predicted molar refractivity (Wildman–Crippen MR) is 160 cm³/mol. The summed E-state index contributed by atoms with van der Waals surface area (Å²) in [6, 6.07) is 14.5. The molecule has 0 spiro atoms. The summed E-state index contributed by atoms with van der Waals surface area (Å²) < 4.78 is 53.2. The molecule has 0 aliphatic rings. The number of carbonyl (C=O) groups excluding carboxylic acids is 2. The molecule has 0 aliphatic heterocycles. The molecule has 3 rings (SSSR count). The Balaban J connectivity index is 2.06. The molecule has 0 bridgehead atoms. The number of benzene rings is 3. The van der Waals surface area contributed by atoms with Crippen molar-refractivity contribution in [3.05, 3.63) is 83.1 Å². The van der Waals surface area contributed by atoms with Crippen molar-refractivity contribution in [2.45, 2.75) is 50.7 Å². The molecule has 1 N–H and O–H groups in total. The number of sulfonamides is 1. The van der Waals surface area contributed by atoms with Gasteiger partial charge in [-0.2, -0.15) is 0 Å². The number of nitrogens with one attached hydrogen (secondary N) is 1. The summed E-state index contributed by atoms with van der Waals surface area (Å²) in [7, 11) is -1.61. The Morgan fingerprint density at radius 1 is 0.976 bits per heavy atom. The molecule has 0 radical (unpaired) electrons. The smallest absolute Gasteiger partial charge is 0.264 e. The third-order valence-electron chi connectivity index (χ3n) is 6.75. The summed E-state index contributed by atoms with van der Waals surface area (Å²) in [5, 5.41) is 3.32. The van der Waals surface area contributed by atoms with E-state index in [4.69, 9.17) is 21.1 Å². The van der Waals surface area contributed by atoms with Gasteiger partial charge < -0.3 is 19.7 Å². The van der Waals surface area contributed by atoms with Crippen LogP contribution < -0.4 is 19.1 Å². The Labute approximate surface area is 251 Å². The van der Waals surface area contributed by atoms with Crippen LogP contribution >= 0.6 is 11.6 Å². The number of halogens is 2. The van der Waals surface area contributed by atoms with Gasteiger partial charge in [0.05, 0.1) is 24.8 Å². The maximum Gasteiger partial charge on any atom is 0.264 e. The highest BCUT2D eigenvalue weighted by Crippen LogP contribution is 2.32. The van der Waals surface area contributed by atoms with E-state index in [1.54, 1.807) is 31.2 Å². The van der Waals surface area contributed by atoms with Crippen molar-refractivity contribution in [2.24, 2.45) is 0 Å². The zero-order valence-electron chi connectivity index (χ0n) is 24.1. The van der Waals surface area contributed by atoms with E-state index < -0.39 is 40.2 Å². The molecule has 9 nitrogen and oxygen atoms in total. The fourth-order valence-electron chi connectivity index (χ4n) is 4.12. The first-order chi connectivity index (χ1) is 19.9. The molecule has 42 heavy (non-hydrogen) atoms. The van der Waals surface area contributed by atoms with Crippen LogP contribution in [-0.2, 0) is 26.2 Å². The first-order valence-corrected chi connectivity index (χ1v) is 15.1. The number of rotatable bonds is 13. The van der Waals surface area contributed by atoms with E-state index in [-0.39, 0.29) is 28.9 Å². The van der Waals surface area contributed by atoms with Crippen LogP contribution in [-0.4, -0.2) is 58.0 Å². The van der Waals surface area contributed by atoms with Crippen molar-refractivity contribution in [2.75, 3.05) is 25.1 Å². The molecular weight excluding hydrogens is 585 g/mol. The van der Waals surface area contributed by atoms with Gasteiger partial charge in [-0.1, -0.05) is 30.7 Å². The quantitative estimate of drug-likeness (QED) is 0.288. The van der Waals surface area contributed by atoms with Crippen molar-refractivity contribution >= 4 is 39.1 Å². The van der Waals surface area contributed by atoms with Crippen LogP contribution in [0.3, 0.4) is 0 Å². The van der Waals surface area contributed by atoms with Gasteiger partial charge in [0, 0.05) is 23.7 Å². The minimum atomic E-state index is -4.40. The van der Waals surface area contributed by atoms with Crippen LogP contribution in [0.25, 0.3) is 0 Å². The zero-order chi connectivity index (χ0) is 31.0. The number of methoxy groups -OCH3 is 2. The summed E-state index contributed by atoms with van der Waals surface area (Å²) in [6.07, 6.45) is 0.683. The van der Waals surface area contributed by atoms with Crippen LogP contribution in [0.1, 0.15) is 32.8 Å². The van der Waals surface area contributed by atoms with Crippen molar-refractivity contribution in [3.63, 3.8) is 0 Å². The second-order valence-electron chi connectivity index (χ2n) is 9.65. The number of carbonyl (C=O) groups is 2. The van der Waals surface area contributed by atoms with Crippen molar-refractivity contribution < 1.29 is 31.9 Å². The number of nitrogens with zero attached hydrogens (tertiary/aromatic N) is 2. The summed E-state index contributed by atoms with van der Waals surface area (Å²) in [5.41, 5.74) is 0.703. The average Bonchev–Trinajstić information content (AvgIpc) is 2.98. The van der Waals surface area contributed by atoms with Gasteiger partial charge in [0.1, 0.15) is 18.4 Å². The fourth-order valence-corrected chi connectivity index (χ4v) is 5.76. The fraction of sp³-hybridized carbons (Fsp3) is 0.333. The molecule has 0 aliphatic carbocycles. The molecule has 0 saturated carbocycles. The van der Waals surface area contributed by atoms with Gasteiger partial charge in [-0.05, 0) is 74.4 Å². The van der Waals surface area contributed by atoms with Gasteiger partial charge >= 0.3 is 0 Å². The number of ether oxygens (including phenoxy) is 2. The molecule has 0 unspecified atom stereocenters. The minimum absolute atomic E-state index is 0.0118. The largest absolute Gasteiger partial charge is 0.493 e. The monoisotopic (exact) mass is 619 g/mol. The summed E-state index contributed by atoms with van der Waals surface area (Å²) in [6.45, 7) is 4.65. The van der Waals surface area contributed by atoms with Crippen LogP contribution in [0.2, 0.25) is 5.02 Å². The lowest BCUT2D eigenvalue weighted by Gasteiger charge is -2.32. The molecule has 0 fully saturated rings. The van der Waals surface area contributed by atoms with Crippen molar-refractivity contribution in [1.82, 2.24) is 10.2 Å². The standard InChI is InChI=1S/C30H35ClFN3O6S/c1-6-20(2)33-30(37)21(3)34(18-22-8-7-9-23(31)16-22)29(36)19-35(25-12-10-24(32)11-13-25)42(38,39)26-14-15-27(40-4)28(17-26)41-5/h7-17,20-21H,6,18-19H2,1-5H3,(H,33,37)/t20-,21-/m0/s1. The molecular formula is C30H35ClFN3O6S. The lowest BCUT2D eigenvalue weighted by atomic mass is 10.1. The van der Waals surface area contributed by atoms with E-state index in [9.17, 15) is 22.4 Å². The zero-order valence-corrected chi connectivity index (χ0v) is 25.7. The first kappa shape index (κ1) is 32.7. The molecule has 2 atom stereocenters. The molecule has 3 aromatic rings. The molecule has 12 heteroatoms. The normalized spacial score (nSPS) is 12.6. The molecule has 0 heterocycles. The van der Waals surface area contributed by atoms with Gasteiger partial charge in [0.15, 0.2) is 11.5 Å². The Bertz CT molecular complexity index is 1500. The Hall–Kier alpha value is -3.83. The highest BCUT2D eigenvalue weighted by atomic mass is 35.5. The number of hydrogen-bond donors (Lipinski definition) is 1. The second kappa shape index (κ2) is 14.4. The average molecular weight is 620 g/mol. The minimum Gasteiger partial charge on any atom is -0.493 e. The second-order valence-corrected chi connectivity index (χ2v) is 11.9. The van der Waals surface area contributed by atoms with E-state index in [0.717, 1.165) is 16.4 Å². The molecule has 3 aromatic carbocycles. The molecule has 226 valence electrons. The summed E-state index contributed by atoms with van der Waals surface area (Å²) in [5.74, 6) is -1.14. The summed E-state index contributed by atoms with van der Waals surface area (Å²) in [4.78, 5) is 28.2. The maximum atomic E-state index is 14.0. The lowest BCUT2D eigenvalue weighted by Crippen LogP contribution is -2.52. The van der Waals surface area contributed by atoms with E-state index in [1.807, 2.05) is 13.8 Å². The maximum absolute atomic E-state index is 14.0. The molecule has 0 saturated heterocycles. The number of amides is 2. The van der Waals surface area contributed by atoms with Gasteiger partial charge in [0.25, 0.3) is 10.0 Å². The van der Waals surface area contributed by atoms with E-state index in [0.29, 0.717) is 22.8 Å². The molecule has 0 aromatic heterocycles. The van der Waals surface area contributed by atoms with E-state index >= 15 is 0 Å². The van der Waals surface area contributed by atoms with Gasteiger partial charge in [-0.25, -0.2) is 12.8 Å². The van der Waals surface area contributed by atoms with Gasteiger partial charge in [-0.3, -0.25) is 13.9 Å². The van der Waals surface area contributed by atoms with Crippen LogP contribution in [0, 0.1) is 5.82 Å². The highest BCUT2D eigenvalue weighted by Gasteiger charge is 2.33. The van der Waals surface area contributed by atoms with Crippen LogP contribution in [0.4, 0.5) is 10.1 Å². The Morgan fingerprint density at radius 2 is 1.64 bits per heavy atom. The predicted octanol–water partition coefficient (Wildman–Crippen LogP) is 5.02. The number of hydrogen-bond acceptors (Lipinski definition) is 6. The lowest BCUT2D eigenvalue weighted by molar-refractivity contribution is -0.139.